The van der Waals surface area contributed by atoms with Gasteiger partial charge in [0.2, 0.25) is 0 Å². The fourth-order valence-corrected chi connectivity index (χ4v) is 3.34. The van der Waals surface area contributed by atoms with Crippen LogP contribution in [0.25, 0.3) is 21.7 Å². The van der Waals surface area contributed by atoms with Gasteiger partial charge in [0.25, 0.3) is 0 Å². The molecule has 0 radical (unpaired) electrons. The monoisotopic (exact) mass is 294 g/mol. The molecule has 0 N–H and O–H groups in total. The molecule has 0 saturated heterocycles. The third kappa shape index (κ3) is 2.37. The summed E-state index contributed by atoms with van der Waals surface area (Å²) >= 11 is 0. The Bertz CT molecular complexity index is 873. The summed E-state index contributed by atoms with van der Waals surface area (Å²) in [6.45, 7) is 0.753. The van der Waals surface area contributed by atoms with Crippen LogP contribution in [0.5, 0.6) is 5.75 Å². The molecule has 2 aromatic carbocycles. The minimum atomic E-state index is -0.295. The first-order valence-corrected chi connectivity index (χ1v) is 7.90. The van der Waals surface area contributed by atoms with Gasteiger partial charge in [0.1, 0.15) is 11.3 Å². The summed E-state index contributed by atoms with van der Waals surface area (Å²) in [6.07, 6.45) is 5.14. The Morgan fingerprint density at radius 1 is 1.00 bits per heavy atom. The number of ether oxygens (including phenoxy) is 1. The van der Waals surface area contributed by atoms with Crippen molar-refractivity contribution in [1.29, 1.82) is 0 Å². The first-order valence-electron chi connectivity index (χ1n) is 7.90. The van der Waals surface area contributed by atoms with E-state index in [0.29, 0.717) is 16.9 Å². The molecule has 0 atom stereocenters. The number of hydrogen-bond donors (Lipinski definition) is 0. The number of benzene rings is 2. The van der Waals surface area contributed by atoms with E-state index in [1.807, 2.05) is 36.4 Å². The highest BCUT2D eigenvalue weighted by Crippen LogP contribution is 2.28. The van der Waals surface area contributed by atoms with Gasteiger partial charge in [0.05, 0.1) is 12.0 Å². The van der Waals surface area contributed by atoms with E-state index in [9.17, 15) is 4.79 Å². The highest BCUT2D eigenvalue weighted by Gasteiger charge is 2.16. The normalized spacial score (nSPS) is 15.6. The van der Waals surface area contributed by atoms with Crippen molar-refractivity contribution in [3.05, 3.63) is 52.9 Å². The van der Waals surface area contributed by atoms with Gasteiger partial charge in [-0.25, -0.2) is 4.79 Å². The molecule has 1 aromatic heterocycles. The Morgan fingerprint density at radius 3 is 2.59 bits per heavy atom. The third-order valence-corrected chi connectivity index (χ3v) is 4.55. The molecule has 4 rings (SSSR count). The van der Waals surface area contributed by atoms with Crippen LogP contribution in [0.2, 0.25) is 0 Å². The van der Waals surface area contributed by atoms with Crippen LogP contribution < -0.4 is 10.4 Å². The molecule has 0 amide bonds. The molecule has 0 spiro atoms. The first kappa shape index (κ1) is 13.4. The maximum Gasteiger partial charge on any atom is 0.344 e. The van der Waals surface area contributed by atoms with Crippen molar-refractivity contribution in [3.8, 4) is 5.75 Å². The van der Waals surface area contributed by atoms with Crippen LogP contribution >= 0.6 is 0 Å². The summed E-state index contributed by atoms with van der Waals surface area (Å²) in [5.41, 5.74) is 0.295. The Hall–Kier alpha value is -2.29. The highest BCUT2D eigenvalue weighted by atomic mass is 16.5. The topological polar surface area (TPSA) is 39.4 Å². The Morgan fingerprint density at radius 2 is 1.77 bits per heavy atom. The first-order chi connectivity index (χ1) is 10.8. The Kier molecular flexibility index (Phi) is 3.34. The zero-order chi connectivity index (χ0) is 14.9. The standard InChI is InChI=1S/C19H18O3/c20-19-17-8-4-3-7-15(17)16-10-9-14(11-18(16)22-19)21-12-13-5-1-2-6-13/h3-4,7-11,13H,1-2,5-6,12H2. The van der Waals surface area contributed by atoms with Crippen molar-refractivity contribution in [3.63, 3.8) is 0 Å². The summed E-state index contributed by atoms with van der Waals surface area (Å²) in [5, 5.41) is 2.49. The van der Waals surface area contributed by atoms with E-state index >= 15 is 0 Å². The average molecular weight is 294 g/mol. The lowest BCUT2D eigenvalue weighted by Crippen LogP contribution is -2.08. The number of hydrogen-bond acceptors (Lipinski definition) is 3. The summed E-state index contributed by atoms with van der Waals surface area (Å²) < 4.78 is 11.3. The predicted molar refractivity (Wildman–Crippen MR) is 87.4 cm³/mol. The molecule has 3 aromatic rings. The van der Waals surface area contributed by atoms with E-state index in [1.165, 1.54) is 25.7 Å². The van der Waals surface area contributed by atoms with Gasteiger partial charge in [-0.1, -0.05) is 31.0 Å². The molecule has 1 saturated carbocycles. The van der Waals surface area contributed by atoms with E-state index in [1.54, 1.807) is 6.07 Å². The smallest absolute Gasteiger partial charge is 0.344 e. The van der Waals surface area contributed by atoms with Crippen molar-refractivity contribution < 1.29 is 9.15 Å². The molecular weight excluding hydrogens is 276 g/mol. The quantitative estimate of drug-likeness (QED) is 0.527. The summed E-state index contributed by atoms with van der Waals surface area (Å²) in [6, 6.07) is 13.3. The van der Waals surface area contributed by atoms with Crippen molar-refractivity contribution in [1.82, 2.24) is 0 Å². The molecule has 1 aliphatic carbocycles. The zero-order valence-corrected chi connectivity index (χ0v) is 12.4. The van der Waals surface area contributed by atoms with E-state index in [2.05, 4.69) is 0 Å². The molecule has 1 fully saturated rings. The van der Waals surface area contributed by atoms with Crippen molar-refractivity contribution >= 4 is 21.7 Å². The van der Waals surface area contributed by atoms with E-state index in [4.69, 9.17) is 9.15 Å². The minimum absolute atomic E-state index is 0.295. The number of fused-ring (bicyclic) bond motifs is 3. The van der Waals surface area contributed by atoms with Crippen LogP contribution in [-0.4, -0.2) is 6.61 Å². The SMILES string of the molecule is O=c1oc2cc(OCC3CCCC3)ccc2c2ccccc12. The van der Waals surface area contributed by atoms with Crippen LogP contribution in [0.4, 0.5) is 0 Å². The highest BCUT2D eigenvalue weighted by molar-refractivity contribution is 6.04. The Labute approximate surface area is 128 Å². The second-order valence-corrected chi connectivity index (χ2v) is 6.05. The molecule has 22 heavy (non-hydrogen) atoms. The maximum atomic E-state index is 12.1. The van der Waals surface area contributed by atoms with Crippen LogP contribution in [0.15, 0.2) is 51.7 Å². The van der Waals surface area contributed by atoms with Crippen LogP contribution in [0, 0.1) is 5.92 Å². The molecule has 1 aliphatic rings. The van der Waals surface area contributed by atoms with Crippen molar-refractivity contribution in [2.24, 2.45) is 5.92 Å². The van der Waals surface area contributed by atoms with Gasteiger partial charge in [0.15, 0.2) is 0 Å². The molecule has 0 aliphatic heterocycles. The fraction of sp³-hybridized carbons (Fsp3) is 0.316. The van der Waals surface area contributed by atoms with E-state index < -0.39 is 0 Å². The van der Waals surface area contributed by atoms with Gasteiger partial charge in [-0.2, -0.15) is 0 Å². The molecular formula is C19H18O3. The predicted octanol–water partition coefficient (Wildman–Crippen LogP) is 4.52. The summed E-state index contributed by atoms with van der Waals surface area (Å²) in [4.78, 5) is 12.1. The van der Waals surface area contributed by atoms with Gasteiger partial charge in [-0.3, -0.25) is 0 Å². The molecule has 3 nitrogen and oxygen atoms in total. The van der Waals surface area contributed by atoms with Gasteiger partial charge in [-0.05, 0) is 42.3 Å². The van der Waals surface area contributed by atoms with Crippen LogP contribution in [0.1, 0.15) is 25.7 Å². The second kappa shape index (κ2) is 5.48. The molecule has 1 heterocycles. The minimum Gasteiger partial charge on any atom is -0.493 e. The van der Waals surface area contributed by atoms with Gasteiger partial charge in [0, 0.05) is 11.5 Å². The average Bonchev–Trinajstić information content (AvgIpc) is 3.06. The third-order valence-electron chi connectivity index (χ3n) is 4.55. The largest absolute Gasteiger partial charge is 0.493 e. The maximum absolute atomic E-state index is 12.1. The van der Waals surface area contributed by atoms with Crippen molar-refractivity contribution in [2.45, 2.75) is 25.7 Å². The van der Waals surface area contributed by atoms with Crippen molar-refractivity contribution in [2.75, 3.05) is 6.61 Å². The molecule has 112 valence electrons. The lowest BCUT2D eigenvalue weighted by Gasteiger charge is -2.11. The number of rotatable bonds is 3. The Balaban J connectivity index is 1.71. The van der Waals surface area contributed by atoms with E-state index in [0.717, 1.165) is 23.1 Å². The van der Waals surface area contributed by atoms with Crippen LogP contribution in [0.3, 0.4) is 0 Å². The molecule has 0 unspecified atom stereocenters. The van der Waals surface area contributed by atoms with Gasteiger partial charge in [-0.15, -0.1) is 0 Å². The van der Waals surface area contributed by atoms with E-state index in [-0.39, 0.29) is 5.63 Å². The second-order valence-electron chi connectivity index (χ2n) is 6.05. The van der Waals surface area contributed by atoms with Gasteiger partial charge >= 0.3 is 5.63 Å². The lowest BCUT2D eigenvalue weighted by atomic mass is 10.1. The zero-order valence-electron chi connectivity index (χ0n) is 12.4. The van der Waals surface area contributed by atoms with Crippen LogP contribution in [-0.2, 0) is 0 Å². The fourth-order valence-electron chi connectivity index (χ4n) is 3.34. The molecule has 3 heteroatoms. The molecule has 0 bridgehead atoms. The summed E-state index contributed by atoms with van der Waals surface area (Å²) in [7, 11) is 0. The summed E-state index contributed by atoms with van der Waals surface area (Å²) in [5.74, 6) is 1.44. The lowest BCUT2D eigenvalue weighted by molar-refractivity contribution is 0.252. The van der Waals surface area contributed by atoms with Gasteiger partial charge < -0.3 is 9.15 Å².